The molecule has 0 aliphatic rings. The average molecular weight is 274 g/mol. The Balaban J connectivity index is 2.61. The minimum Gasteiger partial charge on any atom is -0.495 e. The second-order valence-electron chi connectivity index (χ2n) is 3.71. The third-order valence-electron chi connectivity index (χ3n) is 2.35. The van der Waals surface area contributed by atoms with Crippen molar-refractivity contribution in [2.75, 3.05) is 32.3 Å². The van der Waals surface area contributed by atoms with Gasteiger partial charge in [-0.1, -0.05) is 6.07 Å². The standard InChI is InChI=1S/C11H18N2O4S/c1-16-5-6-18(14,15)13-8-9-3-4-11(17-2)10(12)7-9/h3-4,7,13H,5-6,8,12H2,1-2H3. The van der Waals surface area contributed by atoms with E-state index in [4.69, 9.17) is 15.2 Å². The number of rotatable bonds is 7. The zero-order chi connectivity index (χ0) is 13.6. The van der Waals surface area contributed by atoms with Crippen LogP contribution < -0.4 is 15.2 Å². The molecule has 0 amide bonds. The van der Waals surface area contributed by atoms with E-state index in [0.717, 1.165) is 5.56 Å². The number of methoxy groups -OCH3 is 2. The second-order valence-corrected chi connectivity index (χ2v) is 5.64. The Morgan fingerprint density at radius 1 is 1.33 bits per heavy atom. The summed E-state index contributed by atoms with van der Waals surface area (Å²) in [5, 5.41) is 0. The van der Waals surface area contributed by atoms with Crippen LogP contribution >= 0.6 is 0 Å². The van der Waals surface area contributed by atoms with Gasteiger partial charge < -0.3 is 15.2 Å². The van der Waals surface area contributed by atoms with E-state index >= 15 is 0 Å². The molecule has 0 fully saturated rings. The molecule has 0 saturated carbocycles. The van der Waals surface area contributed by atoms with Crippen molar-refractivity contribution in [2.45, 2.75) is 6.54 Å². The van der Waals surface area contributed by atoms with E-state index in [0.29, 0.717) is 11.4 Å². The van der Waals surface area contributed by atoms with Gasteiger partial charge in [-0.3, -0.25) is 0 Å². The average Bonchev–Trinajstić information content (AvgIpc) is 2.34. The van der Waals surface area contributed by atoms with Crippen molar-refractivity contribution in [3.05, 3.63) is 23.8 Å². The Kier molecular flexibility index (Phi) is 5.39. The summed E-state index contributed by atoms with van der Waals surface area (Å²) in [4.78, 5) is 0. The van der Waals surface area contributed by atoms with Gasteiger partial charge in [0.05, 0.1) is 25.2 Å². The zero-order valence-corrected chi connectivity index (χ0v) is 11.3. The van der Waals surface area contributed by atoms with E-state index < -0.39 is 10.0 Å². The van der Waals surface area contributed by atoms with Gasteiger partial charge in [0.25, 0.3) is 0 Å². The van der Waals surface area contributed by atoms with Crippen molar-refractivity contribution in [3.63, 3.8) is 0 Å². The van der Waals surface area contributed by atoms with Gasteiger partial charge in [0.1, 0.15) is 5.75 Å². The molecule has 0 unspecified atom stereocenters. The lowest BCUT2D eigenvalue weighted by atomic mass is 10.2. The molecule has 0 radical (unpaired) electrons. The van der Waals surface area contributed by atoms with Gasteiger partial charge in [-0.15, -0.1) is 0 Å². The van der Waals surface area contributed by atoms with E-state index in [1.54, 1.807) is 18.2 Å². The molecular weight excluding hydrogens is 256 g/mol. The van der Waals surface area contributed by atoms with Gasteiger partial charge in [0.15, 0.2) is 0 Å². The van der Waals surface area contributed by atoms with E-state index in [-0.39, 0.29) is 18.9 Å². The van der Waals surface area contributed by atoms with Gasteiger partial charge in [0.2, 0.25) is 10.0 Å². The van der Waals surface area contributed by atoms with Crippen molar-refractivity contribution in [2.24, 2.45) is 0 Å². The smallest absolute Gasteiger partial charge is 0.214 e. The number of hydrogen-bond donors (Lipinski definition) is 2. The number of sulfonamides is 1. The van der Waals surface area contributed by atoms with E-state index in [1.807, 2.05) is 0 Å². The Labute approximate surface area is 107 Å². The van der Waals surface area contributed by atoms with Gasteiger partial charge >= 0.3 is 0 Å². The number of benzene rings is 1. The van der Waals surface area contributed by atoms with Crippen LogP contribution in [0.4, 0.5) is 5.69 Å². The third-order valence-corrected chi connectivity index (χ3v) is 3.63. The molecule has 1 rings (SSSR count). The molecule has 3 N–H and O–H groups in total. The van der Waals surface area contributed by atoms with Crippen molar-refractivity contribution >= 4 is 15.7 Å². The molecule has 0 bridgehead atoms. The highest BCUT2D eigenvalue weighted by Gasteiger charge is 2.09. The molecule has 0 atom stereocenters. The summed E-state index contributed by atoms with van der Waals surface area (Å²) in [7, 11) is -0.333. The van der Waals surface area contributed by atoms with Crippen LogP contribution in [0.15, 0.2) is 18.2 Å². The highest BCUT2D eigenvalue weighted by molar-refractivity contribution is 7.89. The molecule has 0 aliphatic heterocycles. The van der Waals surface area contributed by atoms with Crippen LogP contribution in [0.3, 0.4) is 0 Å². The topological polar surface area (TPSA) is 90.7 Å². The molecule has 0 aromatic heterocycles. The summed E-state index contributed by atoms with van der Waals surface area (Å²) < 4.78 is 35.3. The first-order valence-electron chi connectivity index (χ1n) is 5.37. The monoisotopic (exact) mass is 274 g/mol. The summed E-state index contributed by atoms with van der Waals surface area (Å²) in [5.41, 5.74) is 6.98. The van der Waals surface area contributed by atoms with Gasteiger partial charge in [-0.05, 0) is 17.7 Å². The number of nitrogens with two attached hydrogens (primary N) is 1. The number of hydrogen-bond acceptors (Lipinski definition) is 5. The fraction of sp³-hybridized carbons (Fsp3) is 0.455. The van der Waals surface area contributed by atoms with Crippen LogP contribution in [-0.4, -0.2) is 35.0 Å². The molecule has 1 aromatic carbocycles. The molecule has 18 heavy (non-hydrogen) atoms. The van der Waals surface area contributed by atoms with Crippen molar-refractivity contribution in [1.29, 1.82) is 0 Å². The predicted molar refractivity (Wildman–Crippen MR) is 69.9 cm³/mol. The second kappa shape index (κ2) is 6.58. The Morgan fingerprint density at radius 3 is 2.61 bits per heavy atom. The van der Waals surface area contributed by atoms with Crippen molar-refractivity contribution in [1.82, 2.24) is 4.72 Å². The molecule has 0 aliphatic carbocycles. The summed E-state index contributed by atoms with van der Waals surface area (Å²) in [6, 6.07) is 5.14. The summed E-state index contributed by atoms with van der Waals surface area (Å²) in [6.07, 6.45) is 0. The maximum Gasteiger partial charge on any atom is 0.214 e. The third kappa shape index (κ3) is 4.52. The van der Waals surface area contributed by atoms with Crippen LogP contribution in [0.2, 0.25) is 0 Å². The molecule has 102 valence electrons. The number of ether oxygens (including phenoxy) is 2. The molecule has 0 saturated heterocycles. The van der Waals surface area contributed by atoms with Crippen LogP contribution in [0, 0.1) is 0 Å². The quantitative estimate of drug-likeness (QED) is 0.700. The summed E-state index contributed by atoms with van der Waals surface area (Å²) >= 11 is 0. The van der Waals surface area contributed by atoms with E-state index in [2.05, 4.69) is 4.72 Å². The molecular formula is C11H18N2O4S. The minimum atomic E-state index is -3.32. The maximum atomic E-state index is 11.5. The minimum absolute atomic E-state index is 0.0604. The Hall–Kier alpha value is -1.31. The van der Waals surface area contributed by atoms with Gasteiger partial charge in [-0.2, -0.15) is 0 Å². The van der Waals surface area contributed by atoms with Crippen LogP contribution in [0.25, 0.3) is 0 Å². The number of nitrogen functional groups attached to an aromatic ring is 1. The summed E-state index contributed by atoms with van der Waals surface area (Å²) in [6.45, 7) is 0.361. The lowest BCUT2D eigenvalue weighted by Gasteiger charge is -2.09. The number of nitrogens with one attached hydrogen (secondary N) is 1. The first kappa shape index (κ1) is 14.7. The molecule has 6 nitrogen and oxygen atoms in total. The lowest BCUT2D eigenvalue weighted by Crippen LogP contribution is -2.27. The normalized spacial score (nSPS) is 11.4. The van der Waals surface area contributed by atoms with Gasteiger partial charge in [-0.25, -0.2) is 13.1 Å². The first-order valence-corrected chi connectivity index (χ1v) is 7.02. The fourth-order valence-corrected chi connectivity index (χ4v) is 2.27. The maximum absolute atomic E-state index is 11.5. The Morgan fingerprint density at radius 2 is 2.06 bits per heavy atom. The molecule has 0 spiro atoms. The summed E-state index contributed by atoms with van der Waals surface area (Å²) in [5.74, 6) is 0.510. The highest BCUT2D eigenvalue weighted by Crippen LogP contribution is 2.21. The SMILES string of the molecule is COCCS(=O)(=O)NCc1ccc(OC)c(N)c1. The van der Waals surface area contributed by atoms with E-state index in [1.165, 1.54) is 14.2 Å². The van der Waals surface area contributed by atoms with Crippen LogP contribution in [0.1, 0.15) is 5.56 Å². The molecule has 7 heteroatoms. The fourth-order valence-electron chi connectivity index (χ4n) is 1.35. The van der Waals surface area contributed by atoms with Crippen LogP contribution in [-0.2, 0) is 21.3 Å². The molecule has 1 aromatic rings. The number of anilines is 1. The highest BCUT2D eigenvalue weighted by atomic mass is 32.2. The lowest BCUT2D eigenvalue weighted by molar-refractivity contribution is 0.217. The predicted octanol–water partition coefficient (Wildman–Crippen LogP) is 0.343. The van der Waals surface area contributed by atoms with Crippen molar-refractivity contribution < 1.29 is 17.9 Å². The van der Waals surface area contributed by atoms with Crippen molar-refractivity contribution in [3.8, 4) is 5.75 Å². The Bertz CT molecular complexity index is 488. The largest absolute Gasteiger partial charge is 0.495 e. The first-order chi connectivity index (χ1) is 8.48. The van der Waals surface area contributed by atoms with E-state index in [9.17, 15) is 8.42 Å². The molecule has 0 heterocycles. The van der Waals surface area contributed by atoms with Gasteiger partial charge in [0, 0.05) is 13.7 Å². The van der Waals surface area contributed by atoms with Crippen LogP contribution in [0.5, 0.6) is 5.75 Å². The zero-order valence-electron chi connectivity index (χ0n) is 10.5.